The van der Waals surface area contributed by atoms with E-state index in [4.69, 9.17) is 79.9 Å². The number of alkyl halides is 9. The van der Waals surface area contributed by atoms with Gasteiger partial charge in [-0.1, -0.05) is 77.2 Å². The second kappa shape index (κ2) is 41.2. The number of anilines is 2. The molecule has 2 heterocycles. The third-order valence-electron chi connectivity index (χ3n) is 13.5. The van der Waals surface area contributed by atoms with E-state index in [0.717, 1.165) is 84.4 Å². The number of carbonyl (C=O) groups is 6. The van der Waals surface area contributed by atoms with E-state index in [1.165, 1.54) is 13.1 Å². The molecule has 5 aromatic carbocycles. The Hall–Kier alpha value is -7.56. The number of carboxylic acid groups (broad SMARTS) is 1. The van der Waals surface area contributed by atoms with Crippen molar-refractivity contribution in [1.29, 1.82) is 0 Å². The minimum atomic E-state index is -4.71. The van der Waals surface area contributed by atoms with Crippen LogP contribution in [0.5, 0.6) is 17.2 Å². The van der Waals surface area contributed by atoms with Crippen molar-refractivity contribution < 1.29 is 116 Å². The van der Waals surface area contributed by atoms with Crippen LogP contribution in [0.2, 0.25) is 5.02 Å². The summed E-state index contributed by atoms with van der Waals surface area (Å²) in [7, 11) is -6.11. The highest BCUT2D eigenvalue weighted by Gasteiger charge is 2.38. The second-order valence-corrected chi connectivity index (χ2v) is 30.2. The minimum absolute atomic E-state index is 0.0223. The molecule has 0 radical (unpaired) electrons. The third-order valence-corrected chi connectivity index (χ3v) is 16.1. The van der Waals surface area contributed by atoms with E-state index in [-0.39, 0.29) is 70.0 Å². The lowest BCUT2D eigenvalue weighted by molar-refractivity contribution is -0.385. The number of nitrogens with zero attached hydrogens (tertiary/aromatic N) is 4. The Balaban J connectivity index is 0.000000342. The van der Waals surface area contributed by atoms with Gasteiger partial charge < -0.3 is 57.5 Å². The van der Waals surface area contributed by atoms with Crippen molar-refractivity contribution in [3.63, 3.8) is 0 Å². The second-order valence-electron chi connectivity index (χ2n) is 22.4. The van der Waals surface area contributed by atoms with Crippen LogP contribution in [0, 0.1) is 17.0 Å². The average Bonchev–Trinajstić information content (AvgIpc) is 1.69. The number of aryl methyl sites for hydroxylation is 2. The first kappa shape index (κ1) is 89.7. The first-order chi connectivity index (χ1) is 47.9. The number of carboxylic acids is 1. The highest BCUT2D eigenvalue weighted by Crippen LogP contribution is 2.43. The van der Waals surface area contributed by atoms with E-state index < -0.39 is 110 Å². The molecular formula is C65H74Cl4F6N5O20PS2. The lowest BCUT2D eigenvalue weighted by atomic mass is 10.0. The average molecular weight is 1600 g/mol. The van der Waals surface area contributed by atoms with Crippen molar-refractivity contribution in [3.8, 4) is 17.2 Å². The van der Waals surface area contributed by atoms with Gasteiger partial charge in [-0.2, -0.15) is 26.3 Å². The molecule has 8 rings (SSSR count). The Labute approximate surface area is 611 Å². The van der Waals surface area contributed by atoms with Crippen LogP contribution in [0.25, 0.3) is 0 Å². The summed E-state index contributed by atoms with van der Waals surface area (Å²) >= 11 is 22.8. The molecule has 2 amide bonds. The SMILES string of the molecule is CC1COc2ccccc2N1C(=O)C(Cl)Cl.CCOC(=O)COC(=O)c1cc(Oc2ccc(C(F)(F)F)cc2Cl)ccc1[N+](=O)[O-].CCc1cccc(C)c1N(C(=O)CCl)C(C)COC.CS(=O)(=O)c1cc(C(F)(F)F)ccc1C(=O)c1cnoc1C1CC1.C[S+](C)C.O=C(O)CNCP(=O)([O-])O. The van der Waals surface area contributed by atoms with Crippen molar-refractivity contribution in [2.75, 3.05) is 87.1 Å². The van der Waals surface area contributed by atoms with Gasteiger partial charge in [0.2, 0.25) is 5.91 Å². The third kappa shape index (κ3) is 29.1. The van der Waals surface area contributed by atoms with Gasteiger partial charge in [0.15, 0.2) is 32.8 Å². The number of benzene rings is 5. The van der Waals surface area contributed by atoms with Crippen molar-refractivity contribution in [1.82, 2.24) is 10.5 Å². The van der Waals surface area contributed by atoms with E-state index >= 15 is 0 Å². The Bertz CT molecular complexity index is 4070. The van der Waals surface area contributed by atoms with E-state index in [1.807, 2.05) is 62.5 Å². The monoisotopic (exact) mass is 1590 g/mol. The molecule has 1 saturated carbocycles. The molecule has 2 aliphatic rings. The number of amides is 2. The number of hydrogen-bond donors (Lipinski definition) is 3. The van der Waals surface area contributed by atoms with E-state index in [2.05, 4.69) is 41.7 Å². The van der Waals surface area contributed by atoms with Crippen LogP contribution in [-0.4, -0.2) is 158 Å². The predicted molar refractivity (Wildman–Crippen MR) is 373 cm³/mol. The molecule has 3 unspecified atom stereocenters. The van der Waals surface area contributed by atoms with Crippen LogP contribution < -0.4 is 29.5 Å². The molecule has 0 saturated heterocycles. The molecule has 1 aliphatic carbocycles. The number of aromatic nitrogens is 1. The number of nitro groups is 1. The molecule has 566 valence electrons. The fraction of sp³-hybridized carbons (Fsp3) is 0.400. The number of sulfone groups is 1. The highest BCUT2D eigenvalue weighted by atomic mass is 35.5. The van der Waals surface area contributed by atoms with Gasteiger partial charge in [-0.25, -0.2) is 18.0 Å². The summed E-state index contributed by atoms with van der Waals surface area (Å²) in [5.74, 6) is -3.59. The van der Waals surface area contributed by atoms with Crippen molar-refractivity contribution in [2.45, 2.75) is 94.0 Å². The molecule has 6 aromatic rings. The van der Waals surface area contributed by atoms with E-state index in [9.17, 15) is 83.1 Å². The quantitative estimate of drug-likeness (QED) is 0.00830. The Morgan fingerprint density at radius 2 is 1.51 bits per heavy atom. The molecule has 0 bridgehead atoms. The largest absolute Gasteiger partial charge is 0.778 e. The maximum Gasteiger partial charge on any atom is 0.416 e. The zero-order valence-corrected chi connectivity index (χ0v) is 62.3. The van der Waals surface area contributed by atoms with Gasteiger partial charge in [0.1, 0.15) is 42.9 Å². The van der Waals surface area contributed by atoms with Crippen LogP contribution in [0.3, 0.4) is 0 Å². The maximum atomic E-state index is 12.8. The van der Waals surface area contributed by atoms with Gasteiger partial charge in [-0.3, -0.25) is 34.6 Å². The molecule has 0 spiro atoms. The number of carbonyl (C=O) groups excluding carboxylic acids is 5. The molecular weight excluding hydrogens is 1520 g/mol. The van der Waals surface area contributed by atoms with Crippen LogP contribution in [0.1, 0.15) is 101 Å². The lowest BCUT2D eigenvalue weighted by Gasteiger charge is -2.35. The van der Waals surface area contributed by atoms with Crippen molar-refractivity contribution >= 4 is 127 Å². The number of ketones is 1. The lowest BCUT2D eigenvalue weighted by Crippen LogP contribution is -2.47. The normalized spacial score (nSPS) is 14.0. The zero-order chi connectivity index (χ0) is 78.1. The molecule has 3 atom stereocenters. The minimum Gasteiger partial charge on any atom is -0.778 e. The molecule has 1 fully saturated rings. The number of para-hydroxylation sites is 3. The number of rotatable bonds is 22. The van der Waals surface area contributed by atoms with Gasteiger partial charge in [-0.05, 0) is 124 Å². The topological polar surface area (TPSA) is 351 Å². The van der Waals surface area contributed by atoms with Gasteiger partial charge in [0.05, 0.1) is 106 Å². The summed E-state index contributed by atoms with van der Waals surface area (Å²) in [6.45, 7) is 9.25. The molecule has 3 N–H and O–H groups in total. The first-order valence-electron chi connectivity index (χ1n) is 30.2. The molecule has 38 heteroatoms. The number of aliphatic carboxylic acids is 1. The van der Waals surface area contributed by atoms with Gasteiger partial charge >= 0.3 is 30.3 Å². The fourth-order valence-corrected chi connectivity index (χ4v) is 10.8. The molecule has 25 nitrogen and oxygen atoms in total. The summed E-state index contributed by atoms with van der Waals surface area (Å²) in [6.07, 6.45) is 1.00. The summed E-state index contributed by atoms with van der Waals surface area (Å²) in [4.78, 5) is 99.9. The zero-order valence-electron chi connectivity index (χ0n) is 56.8. The fourth-order valence-electron chi connectivity index (χ4n) is 8.96. The molecule has 1 aromatic heterocycles. The Morgan fingerprint density at radius 3 is 2.04 bits per heavy atom. The Morgan fingerprint density at radius 1 is 0.903 bits per heavy atom. The van der Waals surface area contributed by atoms with Crippen molar-refractivity contribution in [2.24, 2.45) is 0 Å². The van der Waals surface area contributed by atoms with Gasteiger partial charge in [-0.15, -0.1) is 11.6 Å². The first-order valence-corrected chi connectivity index (χ1v) is 38.1. The summed E-state index contributed by atoms with van der Waals surface area (Å²) in [5, 5.41) is 24.3. The number of ether oxygens (including phenoxy) is 5. The van der Waals surface area contributed by atoms with Crippen LogP contribution in [-0.2, 0) is 77.5 Å². The van der Waals surface area contributed by atoms with E-state index in [1.54, 1.807) is 16.9 Å². The number of halogens is 10. The molecule has 1 aliphatic heterocycles. The van der Waals surface area contributed by atoms with Gasteiger partial charge in [0, 0.05) is 37.0 Å². The van der Waals surface area contributed by atoms with Crippen molar-refractivity contribution in [3.05, 3.63) is 163 Å². The Kier molecular flexibility index (Phi) is 35.9. The summed E-state index contributed by atoms with van der Waals surface area (Å²) < 4.78 is 141. The van der Waals surface area contributed by atoms with E-state index in [0.29, 0.717) is 53.8 Å². The predicted octanol–water partition coefficient (Wildman–Crippen LogP) is 12.4. The number of nitrogens with one attached hydrogen (secondary N) is 1. The smallest absolute Gasteiger partial charge is 0.416 e. The number of nitro benzene ring substituents is 1. The summed E-state index contributed by atoms with van der Waals surface area (Å²) in [6, 6.07) is 20.7. The van der Waals surface area contributed by atoms with Crippen LogP contribution in [0.4, 0.5) is 43.4 Å². The number of hydrogen-bond acceptors (Lipinski definition) is 20. The van der Waals surface area contributed by atoms with Crippen LogP contribution >= 0.6 is 54.0 Å². The van der Waals surface area contributed by atoms with Gasteiger partial charge in [0.25, 0.3) is 11.6 Å². The molecule has 103 heavy (non-hydrogen) atoms. The van der Waals surface area contributed by atoms with Crippen LogP contribution in [0.15, 0.2) is 113 Å². The summed E-state index contributed by atoms with van der Waals surface area (Å²) in [5.41, 5.74) is 0.399. The number of methoxy groups -OCH3 is 1. The maximum absolute atomic E-state index is 12.8. The highest BCUT2D eigenvalue weighted by molar-refractivity contribution is 7.94. The number of fused-ring (bicyclic) bond motifs is 1. The standard InChI is InChI=1S/C18H13ClF3NO7.C15H22ClNO2.C15H12F3NO4S.C11H11Cl2NO2.C3H8NO5P.C3H9S/c1-2-28-16(24)9-29-17(25)12-8-11(4-5-14(12)23(26)27)30-15-6-3-10(7-13(15)19)18(20,21)22;1-5-13-8-6-7-11(2)15(13)17(14(18)9-16)12(3)10-19-4;1-24(21,22)12-6-9(15(16,17)18)4-5-10(12)13(20)11-7-19-23-14(11)8-2-3-8;1-7-6-16-9-5-3-2-4-8(9)14(7)11(15)10(12)13;5-3(6)1-4-2-10(7,8)9;1-4(2)3/h3-8H,2,9H2,1H3;6-8,12H,5,9-10H2,1-4H3;4-8H,2-3H2,1H3;2-5,7,10H,6H2,1H3;4H,1-2H2,(H,5,6)(H2,7,8,9);1-3H3/q;;;;;+1/p-1. The number of esters is 2.